The molecule has 138 valence electrons. The highest BCUT2D eigenvalue weighted by atomic mass is 16.5. The van der Waals surface area contributed by atoms with E-state index < -0.39 is 0 Å². The zero-order chi connectivity index (χ0) is 18.6. The van der Waals surface area contributed by atoms with Crippen molar-refractivity contribution in [2.24, 2.45) is 0 Å². The summed E-state index contributed by atoms with van der Waals surface area (Å²) in [6.45, 7) is 4.49. The molecule has 0 saturated heterocycles. The summed E-state index contributed by atoms with van der Waals surface area (Å²) < 4.78 is 5.42. The van der Waals surface area contributed by atoms with Gasteiger partial charge in [-0.05, 0) is 30.5 Å². The van der Waals surface area contributed by atoms with Crippen molar-refractivity contribution < 1.29 is 4.74 Å². The highest BCUT2D eigenvalue weighted by Crippen LogP contribution is 2.25. The molecule has 5 heteroatoms. The Morgan fingerprint density at radius 3 is 2.67 bits per heavy atom. The molecule has 2 heterocycles. The van der Waals surface area contributed by atoms with Gasteiger partial charge in [0, 0.05) is 37.0 Å². The Bertz CT molecular complexity index is 941. The number of nitrogens with one attached hydrogen (secondary N) is 1. The van der Waals surface area contributed by atoms with Crippen LogP contribution in [0.4, 0.5) is 11.8 Å². The first kappa shape index (κ1) is 17.3. The summed E-state index contributed by atoms with van der Waals surface area (Å²) in [5.74, 6) is 2.49. The van der Waals surface area contributed by atoms with Gasteiger partial charge in [0.2, 0.25) is 5.95 Å². The van der Waals surface area contributed by atoms with E-state index in [0.29, 0.717) is 12.5 Å². The van der Waals surface area contributed by atoms with E-state index in [2.05, 4.69) is 45.5 Å². The first-order valence-electron chi connectivity index (χ1n) is 9.26. The Hall–Kier alpha value is -3.08. The molecule has 1 N–H and O–H groups in total. The largest absolute Gasteiger partial charge is 0.496 e. The van der Waals surface area contributed by atoms with Crippen LogP contribution in [-0.2, 0) is 19.5 Å². The summed E-state index contributed by atoms with van der Waals surface area (Å²) >= 11 is 0. The van der Waals surface area contributed by atoms with Crippen LogP contribution in [-0.4, -0.2) is 23.6 Å². The van der Waals surface area contributed by atoms with E-state index in [-0.39, 0.29) is 0 Å². The second kappa shape index (κ2) is 7.66. The first-order chi connectivity index (χ1) is 13.2. The minimum Gasteiger partial charge on any atom is -0.496 e. The number of hydrogen-bond donors (Lipinski definition) is 1. The molecule has 1 aliphatic heterocycles. The summed E-state index contributed by atoms with van der Waals surface area (Å²) in [6, 6.07) is 18.7. The molecule has 0 saturated carbocycles. The number of aromatic nitrogens is 2. The van der Waals surface area contributed by atoms with E-state index in [1.54, 1.807) is 7.11 Å². The number of anilines is 2. The van der Waals surface area contributed by atoms with Gasteiger partial charge in [0.05, 0.1) is 7.11 Å². The Kier molecular flexibility index (Phi) is 4.92. The van der Waals surface area contributed by atoms with Crippen molar-refractivity contribution in [3.8, 4) is 5.75 Å². The fourth-order valence-corrected chi connectivity index (χ4v) is 3.51. The number of para-hydroxylation sites is 1. The molecular formula is C22H24N4O. The van der Waals surface area contributed by atoms with E-state index in [0.717, 1.165) is 42.3 Å². The number of benzene rings is 2. The molecule has 0 spiro atoms. The van der Waals surface area contributed by atoms with Gasteiger partial charge in [0.15, 0.2) is 0 Å². The predicted octanol–water partition coefficient (Wildman–Crippen LogP) is 3.97. The lowest BCUT2D eigenvalue weighted by Crippen LogP contribution is -2.31. The van der Waals surface area contributed by atoms with Crippen molar-refractivity contribution >= 4 is 11.8 Å². The van der Waals surface area contributed by atoms with Crippen molar-refractivity contribution in [1.29, 1.82) is 0 Å². The van der Waals surface area contributed by atoms with E-state index in [9.17, 15) is 0 Å². The molecule has 27 heavy (non-hydrogen) atoms. The molecule has 0 amide bonds. The molecule has 0 radical (unpaired) electrons. The van der Waals surface area contributed by atoms with Gasteiger partial charge < -0.3 is 15.0 Å². The molecule has 2 aromatic carbocycles. The van der Waals surface area contributed by atoms with Gasteiger partial charge in [0.1, 0.15) is 11.6 Å². The van der Waals surface area contributed by atoms with Gasteiger partial charge in [-0.2, -0.15) is 4.98 Å². The topological polar surface area (TPSA) is 50.3 Å². The van der Waals surface area contributed by atoms with Crippen LogP contribution in [0, 0.1) is 6.92 Å². The van der Waals surface area contributed by atoms with E-state index >= 15 is 0 Å². The predicted molar refractivity (Wildman–Crippen MR) is 108 cm³/mol. The molecule has 1 aliphatic rings. The first-order valence-corrected chi connectivity index (χ1v) is 9.26. The van der Waals surface area contributed by atoms with Crippen molar-refractivity contribution in [3.05, 3.63) is 77.0 Å². The minimum absolute atomic E-state index is 0.621. The third kappa shape index (κ3) is 3.87. The smallest absolute Gasteiger partial charge is 0.225 e. The number of hydrogen-bond acceptors (Lipinski definition) is 5. The van der Waals surface area contributed by atoms with Crippen LogP contribution in [0.1, 0.15) is 22.4 Å². The van der Waals surface area contributed by atoms with Crippen molar-refractivity contribution in [3.63, 3.8) is 0 Å². The number of ether oxygens (including phenoxy) is 1. The van der Waals surface area contributed by atoms with Crippen LogP contribution in [0.5, 0.6) is 5.75 Å². The van der Waals surface area contributed by atoms with Gasteiger partial charge in [-0.1, -0.05) is 42.5 Å². The van der Waals surface area contributed by atoms with Crippen LogP contribution in [0.3, 0.4) is 0 Å². The summed E-state index contributed by atoms with van der Waals surface area (Å²) in [7, 11) is 1.69. The Morgan fingerprint density at radius 2 is 1.81 bits per heavy atom. The SMILES string of the molecule is COc1ccccc1CNc1nc(C)cc(N2CCc3ccccc3C2)n1. The van der Waals surface area contributed by atoms with Gasteiger partial charge in [-0.3, -0.25) is 0 Å². The highest BCUT2D eigenvalue weighted by Gasteiger charge is 2.18. The fourth-order valence-electron chi connectivity index (χ4n) is 3.51. The molecule has 3 aromatic rings. The van der Waals surface area contributed by atoms with Gasteiger partial charge in [0.25, 0.3) is 0 Å². The fraction of sp³-hybridized carbons (Fsp3) is 0.273. The Labute approximate surface area is 160 Å². The molecule has 5 nitrogen and oxygen atoms in total. The second-order valence-electron chi connectivity index (χ2n) is 6.80. The number of rotatable bonds is 5. The second-order valence-corrected chi connectivity index (χ2v) is 6.80. The summed E-state index contributed by atoms with van der Waals surface area (Å²) in [5.41, 5.74) is 4.86. The maximum Gasteiger partial charge on any atom is 0.225 e. The quantitative estimate of drug-likeness (QED) is 0.746. The number of fused-ring (bicyclic) bond motifs is 1. The summed E-state index contributed by atoms with van der Waals surface area (Å²) in [4.78, 5) is 11.6. The van der Waals surface area contributed by atoms with Crippen LogP contribution >= 0.6 is 0 Å². The number of methoxy groups -OCH3 is 1. The van der Waals surface area contributed by atoms with E-state index in [1.165, 1.54) is 11.1 Å². The number of aryl methyl sites for hydroxylation is 1. The van der Waals surface area contributed by atoms with E-state index in [1.807, 2.05) is 31.2 Å². The third-order valence-corrected chi connectivity index (χ3v) is 4.92. The lowest BCUT2D eigenvalue weighted by molar-refractivity contribution is 0.410. The van der Waals surface area contributed by atoms with Crippen LogP contribution in [0.15, 0.2) is 54.6 Å². The zero-order valence-corrected chi connectivity index (χ0v) is 15.8. The van der Waals surface area contributed by atoms with Crippen molar-refractivity contribution in [2.75, 3.05) is 23.9 Å². The van der Waals surface area contributed by atoms with Gasteiger partial charge in [-0.15, -0.1) is 0 Å². The Morgan fingerprint density at radius 1 is 1.04 bits per heavy atom. The monoisotopic (exact) mass is 360 g/mol. The molecular weight excluding hydrogens is 336 g/mol. The normalized spacial score (nSPS) is 13.2. The molecule has 0 aliphatic carbocycles. The Balaban J connectivity index is 1.52. The third-order valence-electron chi connectivity index (χ3n) is 4.92. The van der Waals surface area contributed by atoms with Gasteiger partial charge in [-0.25, -0.2) is 4.98 Å². The highest BCUT2D eigenvalue weighted by molar-refractivity contribution is 5.48. The molecule has 0 bridgehead atoms. The van der Waals surface area contributed by atoms with Crippen LogP contribution < -0.4 is 15.0 Å². The standard InChI is InChI=1S/C22H24N4O/c1-16-13-21(26-12-11-17-7-3-4-9-19(17)15-26)25-22(24-16)23-14-18-8-5-6-10-20(18)27-2/h3-10,13H,11-12,14-15H2,1-2H3,(H,23,24,25). The minimum atomic E-state index is 0.621. The maximum atomic E-state index is 5.42. The van der Waals surface area contributed by atoms with Crippen molar-refractivity contribution in [2.45, 2.75) is 26.4 Å². The van der Waals surface area contributed by atoms with Crippen LogP contribution in [0.2, 0.25) is 0 Å². The maximum absolute atomic E-state index is 5.42. The number of nitrogens with zero attached hydrogens (tertiary/aromatic N) is 3. The lowest BCUT2D eigenvalue weighted by atomic mass is 10.00. The van der Waals surface area contributed by atoms with Gasteiger partial charge >= 0.3 is 0 Å². The molecule has 0 atom stereocenters. The molecule has 4 rings (SSSR count). The summed E-state index contributed by atoms with van der Waals surface area (Å²) in [6.07, 6.45) is 1.04. The van der Waals surface area contributed by atoms with Crippen LogP contribution in [0.25, 0.3) is 0 Å². The molecule has 0 fully saturated rings. The summed E-state index contributed by atoms with van der Waals surface area (Å²) in [5, 5.41) is 3.35. The van der Waals surface area contributed by atoms with E-state index in [4.69, 9.17) is 9.72 Å². The molecule has 1 aromatic heterocycles. The zero-order valence-electron chi connectivity index (χ0n) is 15.8. The lowest BCUT2D eigenvalue weighted by Gasteiger charge is -2.30. The van der Waals surface area contributed by atoms with Crippen molar-refractivity contribution in [1.82, 2.24) is 9.97 Å². The average Bonchev–Trinajstić information content (AvgIpc) is 2.71. The molecule has 0 unspecified atom stereocenters. The average molecular weight is 360 g/mol.